The van der Waals surface area contributed by atoms with Crippen molar-refractivity contribution in [1.82, 2.24) is 9.97 Å². The topological polar surface area (TPSA) is 83.8 Å². The number of aromatic amines is 1. The van der Waals surface area contributed by atoms with E-state index in [0.29, 0.717) is 11.3 Å². The van der Waals surface area contributed by atoms with Gasteiger partial charge in [0, 0.05) is 42.3 Å². The van der Waals surface area contributed by atoms with E-state index in [-0.39, 0.29) is 5.78 Å². The summed E-state index contributed by atoms with van der Waals surface area (Å²) in [6.45, 7) is 2.27. The maximum absolute atomic E-state index is 11.2. The SMILES string of the molecule is CC(=O)c1ccc(NCCc2ncc[nH]2)cc1N. The van der Waals surface area contributed by atoms with E-state index in [1.807, 2.05) is 6.07 Å². The van der Waals surface area contributed by atoms with Crippen LogP contribution < -0.4 is 11.1 Å². The number of nitrogens with zero attached hydrogens (tertiary/aromatic N) is 1. The van der Waals surface area contributed by atoms with E-state index in [9.17, 15) is 4.79 Å². The van der Waals surface area contributed by atoms with Gasteiger partial charge in [-0.05, 0) is 25.1 Å². The van der Waals surface area contributed by atoms with Crippen LogP contribution in [0.15, 0.2) is 30.6 Å². The Balaban J connectivity index is 1.94. The smallest absolute Gasteiger partial charge is 0.161 e. The Hall–Kier alpha value is -2.30. The van der Waals surface area contributed by atoms with Gasteiger partial charge in [-0.2, -0.15) is 0 Å². The second-order valence-electron chi connectivity index (χ2n) is 4.07. The summed E-state index contributed by atoms with van der Waals surface area (Å²) in [6, 6.07) is 5.38. The fourth-order valence-corrected chi connectivity index (χ4v) is 1.75. The van der Waals surface area contributed by atoms with Crippen LogP contribution in [0.2, 0.25) is 0 Å². The van der Waals surface area contributed by atoms with Gasteiger partial charge in [-0.3, -0.25) is 4.79 Å². The molecule has 0 unspecified atom stereocenters. The molecular weight excluding hydrogens is 228 g/mol. The molecule has 0 spiro atoms. The van der Waals surface area contributed by atoms with Gasteiger partial charge < -0.3 is 16.0 Å². The largest absolute Gasteiger partial charge is 0.398 e. The zero-order valence-corrected chi connectivity index (χ0v) is 10.2. The van der Waals surface area contributed by atoms with E-state index in [1.165, 1.54) is 6.92 Å². The molecule has 0 aliphatic carbocycles. The van der Waals surface area contributed by atoms with E-state index >= 15 is 0 Å². The molecule has 2 aromatic rings. The average Bonchev–Trinajstić information content (AvgIpc) is 2.81. The second-order valence-corrected chi connectivity index (χ2v) is 4.07. The number of carbonyl (C=O) groups is 1. The van der Waals surface area contributed by atoms with Gasteiger partial charge in [-0.1, -0.05) is 0 Å². The van der Waals surface area contributed by atoms with Crippen LogP contribution in [-0.2, 0) is 6.42 Å². The van der Waals surface area contributed by atoms with Crippen molar-refractivity contribution in [3.63, 3.8) is 0 Å². The number of nitrogens with two attached hydrogens (primary N) is 1. The van der Waals surface area contributed by atoms with Gasteiger partial charge in [0.15, 0.2) is 5.78 Å². The van der Waals surface area contributed by atoms with Crippen molar-refractivity contribution in [3.05, 3.63) is 42.0 Å². The number of hydrogen-bond acceptors (Lipinski definition) is 4. The molecule has 5 heteroatoms. The highest BCUT2D eigenvalue weighted by molar-refractivity contribution is 5.99. The van der Waals surface area contributed by atoms with Crippen LogP contribution in [0, 0.1) is 0 Å². The molecule has 0 fully saturated rings. The fourth-order valence-electron chi connectivity index (χ4n) is 1.75. The molecule has 5 nitrogen and oxygen atoms in total. The number of nitrogens with one attached hydrogen (secondary N) is 2. The third kappa shape index (κ3) is 2.88. The van der Waals surface area contributed by atoms with E-state index in [0.717, 1.165) is 24.5 Å². The Morgan fingerprint density at radius 1 is 1.50 bits per heavy atom. The van der Waals surface area contributed by atoms with Crippen LogP contribution in [0.3, 0.4) is 0 Å². The second kappa shape index (κ2) is 5.35. The van der Waals surface area contributed by atoms with Gasteiger partial charge in [0.2, 0.25) is 0 Å². The lowest BCUT2D eigenvalue weighted by molar-refractivity contribution is 0.101. The highest BCUT2D eigenvalue weighted by Crippen LogP contribution is 2.18. The summed E-state index contributed by atoms with van der Waals surface area (Å²) in [4.78, 5) is 18.4. The third-order valence-corrected chi connectivity index (χ3v) is 2.68. The first-order valence-corrected chi connectivity index (χ1v) is 5.79. The Labute approximate surface area is 105 Å². The van der Waals surface area contributed by atoms with Crippen molar-refractivity contribution in [2.75, 3.05) is 17.6 Å². The number of rotatable bonds is 5. The van der Waals surface area contributed by atoms with Crippen molar-refractivity contribution >= 4 is 17.2 Å². The highest BCUT2D eigenvalue weighted by Gasteiger charge is 2.05. The van der Waals surface area contributed by atoms with Crippen molar-refractivity contribution < 1.29 is 4.79 Å². The quantitative estimate of drug-likeness (QED) is 0.553. The number of aromatic nitrogens is 2. The molecule has 0 aliphatic heterocycles. The summed E-state index contributed by atoms with van der Waals surface area (Å²) >= 11 is 0. The van der Waals surface area contributed by atoms with E-state index in [2.05, 4.69) is 15.3 Å². The number of nitrogen functional groups attached to an aromatic ring is 1. The minimum absolute atomic E-state index is 0.0189. The van der Waals surface area contributed by atoms with E-state index < -0.39 is 0 Å². The molecular formula is C13H16N4O. The van der Waals surface area contributed by atoms with Crippen LogP contribution in [0.4, 0.5) is 11.4 Å². The third-order valence-electron chi connectivity index (χ3n) is 2.68. The molecule has 0 saturated carbocycles. The minimum atomic E-state index is -0.0189. The minimum Gasteiger partial charge on any atom is -0.398 e. The predicted molar refractivity (Wildman–Crippen MR) is 71.6 cm³/mol. The van der Waals surface area contributed by atoms with Crippen LogP contribution in [0.25, 0.3) is 0 Å². The molecule has 0 saturated heterocycles. The van der Waals surface area contributed by atoms with Crippen LogP contribution in [-0.4, -0.2) is 22.3 Å². The van der Waals surface area contributed by atoms with Crippen molar-refractivity contribution in [3.8, 4) is 0 Å². The molecule has 1 aromatic carbocycles. The number of benzene rings is 1. The highest BCUT2D eigenvalue weighted by atomic mass is 16.1. The fraction of sp³-hybridized carbons (Fsp3) is 0.231. The van der Waals surface area contributed by atoms with Gasteiger partial charge in [0.1, 0.15) is 5.82 Å². The number of Topliss-reactive ketones (excluding diaryl/α,β-unsaturated/α-hetero) is 1. The summed E-state index contributed by atoms with van der Waals surface area (Å²) in [5, 5.41) is 3.24. The molecule has 1 aromatic heterocycles. The van der Waals surface area contributed by atoms with E-state index in [1.54, 1.807) is 24.5 Å². The summed E-state index contributed by atoms with van der Waals surface area (Å²) in [5.74, 6) is 0.922. The molecule has 0 radical (unpaired) electrons. The zero-order chi connectivity index (χ0) is 13.0. The van der Waals surface area contributed by atoms with Gasteiger partial charge in [0.05, 0.1) is 0 Å². The molecule has 4 N–H and O–H groups in total. The maximum atomic E-state index is 11.2. The van der Waals surface area contributed by atoms with Crippen molar-refractivity contribution in [2.24, 2.45) is 0 Å². The Bertz CT molecular complexity index is 534. The van der Waals surface area contributed by atoms with Gasteiger partial charge in [-0.25, -0.2) is 4.98 Å². The molecule has 0 bridgehead atoms. The first-order valence-electron chi connectivity index (χ1n) is 5.79. The molecule has 0 amide bonds. The number of hydrogen-bond donors (Lipinski definition) is 3. The Morgan fingerprint density at radius 2 is 2.33 bits per heavy atom. The predicted octanol–water partition coefficient (Wildman–Crippen LogP) is 1.85. The first kappa shape index (κ1) is 12.2. The van der Waals surface area contributed by atoms with Crippen molar-refractivity contribution in [1.29, 1.82) is 0 Å². The van der Waals surface area contributed by atoms with Crippen molar-refractivity contribution in [2.45, 2.75) is 13.3 Å². The lowest BCUT2D eigenvalue weighted by Gasteiger charge is -2.08. The zero-order valence-electron chi connectivity index (χ0n) is 10.2. The number of H-pyrrole nitrogens is 1. The number of ketones is 1. The Kier molecular flexibility index (Phi) is 3.62. The summed E-state index contributed by atoms with van der Waals surface area (Å²) in [7, 11) is 0. The van der Waals surface area contributed by atoms with Crippen LogP contribution in [0.5, 0.6) is 0 Å². The molecule has 18 heavy (non-hydrogen) atoms. The lowest BCUT2D eigenvalue weighted by atomic mass is 10.1. The molecule has 2 rings (SSSR count). The molecule has 94 valence electrons. The molecule has 0 atom stereocenters. The van der Waals surface area contributed by atoms with Crippen LogP contribution in [0.1, 0.15) is 23.1 Å². The number of anilines is 2. The molecule has 1 heterocycles. The molecule has 0 aliphatic rings. The average molecular weight is 244 g/mol. The summed E-state index contributed by atoms with van der Waals surface area (Å²) < 4.78 is 0. The van der Waals surface area contributed by atoms with Crippen LogP contribution >= 0.6 is 0 Å². The Morgan fingerprint density at radius 3 is 2.94 bits per heavy atom. The normalized spacial score (nSPS) is 10.3. The van der Waals surface area contributed by atoms with Gasteiger partial charge in [-0.15, -0.1) is 0 Å². The monoisotopic (exact) mass is 244 g/mol. The maximum Gasteiger partial charge on any atom is 0.161 e. The lowest BCUT2D eigenvalue weighted by Crippen LogP contribution is -2.07. The van der Waals surface area contributed by atoms with Gasteiger partial charge >= 0.3 is 0 Å². The summed E-state index contributed by atoms with van der Waals surface area (Å²) in [5.41, 5.74) is 7.78. The van der Waals surface area contributed by atoms with E-state index in [4.69, 9.17) is 5.73 Å². The van der Waals surface area contributed by atoms with Gasteiger partial charge in [0.25, 0.3) is 0 Å². The standard InChI is InChI=1S/C13H16N4O/c1-9(18)11-3-2-10(8-12(11)14)15-5-4-13-16-6-7-17-13/h2-3,6-8,15H,4-5,14H2,1H3,(H,16,17). The number of carbonyl (C=O) groups excluding carboxylic acids is 1. The first-order chi connectivity index (χ1) is 8.66. The summed E-state index contributed by atoms with van der Waals surface area (Å²) in [6.07, 6.45) is 4.34. The number of imidazole rings is 1.